The van der Waals surface area contributed by atoms with Crippen LogP contribution in [0.4, 0.5) is 0 Å². The first kappa shape index (κ1) is 16.4. The average Bonchev–Trinajstić information content (AvgIpc) is 3.01. The molecule has 1 amide bonds. The first-order chi connectivity index (χ1) is 11.1. The topological polar surface area (TPSA) is 86.3 Å². The van der Waals surface area contributed by atoms with Crippen LogP contribution >= 0.6 is 0 Å². The van der Waals surface area contributed by atoms with Crippen molar-refractivity contribution in [2.24, 2.45) is 18.7 Å². The van der Waals surface area contributed by atoms with E-state index in [-0.39, 0.29) is 24.0 Å². The molecule has 0 bridgehead atoms. The number of methoxy groups -OCH3 is 1. The minimum Gasteiger partial charge on any atom is -0.380 e. The summed E-state index contributed by atoms with van der Waals surface area (Å²) < 4.78 is 7.42. The van der Waals surface area contributed by atoms with Gasteiger partial charge >= 0.3 is 0 Å². The van der Waals surface area contributed by atoms with Crippen LogP contribution in [0.2, 0.25) is 0 Å². The minimum atomic E-state index is 0.00822. The standard InChI is InChI=1S/C16H27N5O2/c1-20-10-18-19-15(20)11-5-7-21(8-6-11)16(22)12-3-4-13(17)14(9-12)23-2/h10-14H,3-9,17H2,1-2H3/t12-,13+,14+/m0/s1. The number of carbonyl (C=O) groups is 1. The third-order valence-corrected chi connectivity index (χ3v) is 5.41. The highest BCUT2D eigenvalue weighted by Gasteiger charge is 2.35. The van der Waals surface area contributed by atoms with Gasteiger partial charge in [-0.15, -0.1) is 10.2 Å². The van der Waals surface area contributed by atoms with Crippen molar-refractivity contribution in [1.82, 2.24) is 19.7 Å². The van der Waals surface area contributed by atoms with Crippen molar-refractivity contribution in [3.63, 3.8) is 0 Å². The normalized spacial score (nSPS) is 29.7. The Morgan fingerprint density at radius 2 is 2.04 bits per heavy atom. The fraction of sp³-hybridized carbons (Fsp3) is 0.812. The predicted molar refractivity (Wildman–Crippen MR) is 85.7 cm³/mol. The van der Waals surface area contributed by atoms with Crippen LogP contribution in [-0.2, 0) is 16.6 Å². The van der Waals surface area contributed by atoms with Crippen molar-refractivity contribution in [2.75, 3.05) is 20.2 Å². The SMILES string of the molecule is CO[C@@H]1C[C@@H](C(=O)N2CCC(c3nncn3C)CC2)CC[C@H]1N. The summed E-state index contributed by atoms with van der Waals surface area (Å²) in [6, 6.07) is 0.0608. The van der Waals surface area contributed by atoms with Gasteiger partial charge in [0.15, 0.2) is 0 Å². The molecule has 2 heterocycles. The van der Waals surface area contributed by atoms with Gasteiger partial charge in [-0.2, -0.15) is 0 Å². The lowest BCUT2D eigenvalue weighted by molar-refractivity contribution is -0.139. The van der Waals surface area contributed by atoms with Gasteiger partial charge in [-0.05, 0) is 32.1 Å². The number of nitrogens with zero attached hydrogens (tertiary/aromatic N) is 4. The molecule has 2 fully saturated rings. The minimum absolute atomic E-state index is 0.00822. The Hall–Kier alpha value is -1.47. The van der Waals surface area contributed by atoms with E-state index in [2.05, 4.69) is 10.2 Å². The molecule has 23 heavy (non-hydrogen) atoms. The van der Waals surface area contributed by atoms with E-state index in [0.29, 0.717) is 5.92 Å². The number of amides is 1. The van der Waals surface area contributed by atoms with E-state index in [9.17, 15) is 4.79 Å². The molecule has 1 aromatic rings. The third-order valence-electron chi connectivity index (χ3n) is 5.41. The highest BCUT2D eigenvalue weighted by molar-refractivity contribution is 5.79. The quantitative estimate of drug-likeness (QED) is 0.884. The fourth-order valence-electron chi connectivity index (χ4n) is 3.93. The van der Waals surface area contributed by atoms with Gasteiger partial charge in [-0.3, -0.25) is 4.79 Å². The second kappa shape index (κ2) is 6.97. The van der Waals surface area contributed by atoms with Gasteiger partial charge in [0, 0.05) is 45.1 Å². The molecule has 0 spiro atoms. The van der Waals surface area contributed by atoms with Gasteiger partial charge in [-0.1, -0.05) is 0 Å². The maximum Gasteiger partial charge on any atom is 0.225 e. The second-order valence-corrected chi connectivity index (χ2v) is 6.85. The predicted octanol–water partition coefficient (Wildman–Crippen LogP) is 0.664. The van der Waals surface area contributed by atoms with E-state index in [1.807, 2.05) is 16.5 Å². The molecular formula is C16H27N5O2. The molecule has 7 nitrogen and oxygen atoms in total. The summed E-state index contributed by atoms with van der Waals surface area (Å²) >= 11 is 0. The molecule has 1 aliphatic heterocycles. The second-order valence-electron chi connectivity index (χ2n) is 6.85. The van der Waals surface area contributed by atoms with E-state index in [0.717, 1.165) is 51.0 Å². The van der Waals surface area contributed by atoms with Crippen molar-refractivity contribution in [1.29, 1.82) is 0 Å². The number of nitrogens with two attached hydrogens (primary N) is 1. The third kappa shape index (κ3) is 3.40. The highest BCUT2D eigenvalue weighted by atomic mass is 16.5. The van der Waals surface area contributed by atoms with Crippen LogP contribution in [0.1, 0.15) is 43.8 Å². The van der Waals surface area contributed by atoms with Gasteiger partial charge in [0.05, 0.1) is 6.10 Å². The van der Waals surface area contributed by atoms with Crippen LogP contribution in [0, 0.1) is 5.92 Å². The summed E-state index contributed by atoms with van der Waals surface area (Å²) in [5.41, 5.74) is 6.05. The summed E-state index contributed by atoms with van der Waals surface area (Å²) in [5, 5.41) is 8.16. The maximum absolute atomic E-state index is 12.8. The Bertz CT molecular complexity index is 538. The van der Waals surface area contributed by atoms with Crippen LogP contribution in [0.3, 0.4) is 0 Å². The smallest absolute Gasteiger partial charge is 0.225 e. The van der Waals surface area contributed by atoms with Crippen LogP contribution in [0.25, 0.3) is 0 Å². The van der Waals surface area contributed by atoms with Crippen LogP contribution in [0.15, 0.2) is 6.33 Å². The Morgan fingerprint density at radius 1 is 1.30 bits per heavy atom. The lowest BCUT2D eigenvalue weighted by atomic mass is 9.83. The van der Waals surface area contributed by atoms with Crippen LogP contribution in [-0.4, -0.2) is 57.9 Å². The zero-order valence-corrected chi connectivity index (χ0v) is 14.0. The largest absolute Gasteiger partial charge is 0.380 e. The summed E-state index contributed by atoms with van der Waals surface area (Å²) in [7, 11) is 3.66. The molecule has 0 aromatic carbocycles. The Morgan fingerprint density at radius 3 is 2.65 bits per heavy atom. The Balaban J connectivity index is 1.55. The number of ether oxygens (including phenoxy) is 1. The maximum atomic E-state index is 12.8. The molecule has 1 saturated carbocycles. The molecular weight excluding hydrogens is 294 g/mol. The number of hydrogen-bond donors (Lipinski definition) is 1. The first-order valence-corrected chi connectivity index (χ1v) is 8.51. The van der Waals surface area contributed by atoms with Gasteiger partial charge in [0.25, 0.3) is 0 Å². The number of likely N-dealkylation sites (tertiary alicyclic amines) is 1. The molecule has 2 aliphatic rings. The zero-order valence-electron chi connectivity index (χ0n) is 14.0. The van der Waals surface area contributed by atoms with Crippen molar-refractivity contribution < 1.29 is 9.53 Å². The van der Waals surface area contributed by atoms with E-state index in [4.69, 9.17) is 10.5 Å². The lowest BCUT2D eigenvalue weighted by Crippen LogP contribution is -2.48. The van der Waals surface area contributed by atoms with Gasteiger partial charge in [0.1, 0.15) is 12.2 Å². The van der Waals surface area contributed by atoms with E-state index in [1.165, 1.54) is 0 Å². The molecule has 3 atom stereocenters. The van der Waals surface area contributed by atoms with Crippen molar-refractivity contribution in [3.05, 3.63) is 12.2 Å². The Kier molecular flexibility index (Phi) is 4.96. The van der Waals surface area contributed by atoms with Gasteiger partial charge < -0.3 is 19.9 Å². The van der Waals surface area contributed by atoms with Gasteiger partial charge in [0.2, 0.25) is 5.91 Å². The van der Waals surface area contributed by atoms with E-state index in [1.54, 1.807) is 13.4 Å². The van der Waals surface area contributed by atoms with Crippen LogP contribution in [0.5, 0.6) is 0 Å². The van der Waals surface area contributed by atoms with E-state index >= 15 is 0 Å². The van der Waals surface area contributed by atoms with E-state index < -0.39 is 0 Å². The number of hydrogen-bond acceptors (Lipinski definition) is 5. The monoisotopic (exact) mass is 321 g/mol. The molecule has 0 unspecified atom stereocenters. The summed E-state index contributed by atoms with van der Waals surface area (Å²) in [6.07, 6.45) is 6.15. The summed E-state index contributed by atoms with van der Waals surface area (Å²) in [4.78, 5) is 14.8. The first-order valence-electron chi connectivity index (χ1n) is 8.51. The molecule has 3 rings (SSSR count). The summed E-state index contributed by atoms with van der Waals surface area (Å²) in [6.45, 7) is 1.60. The fourth-order valence-corrected chi connectivity index (χ4v) is 3.93. The molecule has 1 aromatic heterocycles. The molecule has 0 radical (unpaired) electrons. The van der Waals surface area contributed by atoms with Crippen LogP contribution < -0.4 is 5.73 Å². The molecule has 128 valence electrons. The number of carbonyl (C=O) groups excluding carboxylic acids is 1. The number of aromatic nitrogens is 3. The number of rotatable bonds is 3. The Labute approximate surface area is 137 Å². The molecule has 2 N–H and O–H groups in total. The lowest BCUT2D eigenvalue weighted by Gasteiger charge is -2.37. The van der Waals surface area contributed by atoms with Crippen molar-refractivity contribution >= 4 is 5.91 Å². The average molecular weight is 321 g/mol. The molecule has 7 heteroatoms. The molecule has 1 aliphatic carbocycles. The zero-order chi connectivity index (χ0) is 16.4. The molecule has 1 saturated heterocycles. The number of aryl methyl sites for hydroxylation is 1. The highest BCUT2D eigenvalue weighted by Crippen LogP contribution is 2.31. The van der Waals surface area contributed by atoms with Gasteiger partial charge in [-0.25, -0.2) is 0 Å². The van der Waals surface area contributed by atoms with Crippen molar-refractivity contribution in [3.8, 4) is 0 Å². The summed E-state index contributed by atoms with van der Waals surface area (Å²) in [5.74, 6) is 1.76. The number of piperidine rings is 1. The van der Waals surface area contributed by atoms with Crippen molar-refractivity contribution in [2.45, 2.75) is 50.2 Å².